The maximum atomic E-state index is 12.4. The Morgan fingerprint density at radius 2 is 1.85 bits per heavy atom. The van der Waals surface area contributed by atoms with Crippen LogP contribution in [0.2, 0.25) is 0 Å². The number of nitrogens with one attached hydrogen (secondary N) is 1. The molecule has 0 spiro atoms. The standard InChI is InChI=1S/C12H14F3NO2S2/c13-12(14,15)20(17,18)11-5-3-9(4-6-11)16-10-2-1-7-19-8-10/h3-6,10,16H,1-2,7-8H2. The number of alkyl halides is 3. The molecule has 1 unspecified atom stereocenters. The van der Waals surface area contributed by atoms with Gasteiger partial charge in [-0.05, 0) is 42.9 Å². The highest BCUT2D eigenvalue weighted by atomic mass is 32.2. The van der Waals surface area contributed by atoms with Crippen molar-refractivity contribution in [1.82, 2.24) is 0 Å². The lowest BCUT2D eigenvalue weighted by Gasteiger charge is -2.23. The second kappa shape index (κ2) is 5.85. The van der Waals surface area contributed by atoms with Crippen LogP contribution in [0.15, 0.2) is 29.2 Å². The van der Waals surface area contributed by atoms with Crippen LogP contribution in [0.4, 0.5) is 18.9 Å². The zero-order valence-electron chi connectivity index (χ0n) is 10.5. The largest absolute Gasteiger partial charge is 0.501 e. The predicted octanol–water partition coefficient (Wildman–Crippen LogP) is 3.29. The van der Waals surface area contributed by atoms with E-state index in [1.165, 1.54) is 12.1 Å². The highest BCUT2D eigenvalue weighted by molar-refractivity contribution is 7.99. The van der Waals surface area contributed by atoms with E-state index in [0.717, 1.165) is 36.5 Å². The Morgan fingerprint density at radius 1 is 1.20 bits per heavy atom. The molecule has 1 saturated heterocycles. The van der Waals surface area contributed by atoms with Gasteiger partial charge in [0.25, 0.3) is 9.84 Å². The molecule has 2 rings (SSSR count). The first-order valence-electron chi connectivity index (χ1n) is 6.06. The lowest BCUT2D eigenvalue weighted by molar-refractivity contribution is -0.0436. The molecule has 112 valence electrons. The maximum absolute atomic E-state index is 12.4. The molecule has 1 aromatic carbocycles. The number of halogens is 3. The van der Waals surface area contributed by atoms with Gasteiger partial charge in [0.15, 0.2) is 0 Å². The molecular formula is C12H14F3NO2S2. The van der Waals surface area contributed by atoms with E-state index in [9.17, 15) is 21.6 Å². The second-order valence-electron chi connectivity index (χ2n) is 4.53. The zero-order chi connectivity index (χ0) is 14.8. The van der Waals surface area contributed by atoms with Crippen molar-refractivity contribution in [2.75, 3.05) is 16.8 Å². The normalized spacial score (nSPS) is 20.6. The minimum atomic E-state index is -5.26. The molecule has 0 amide bonds. The van der Waals surface area contributed by atoms with Gasteiger partial charge in [0.2, 0.25) is 0 Å². The van der Waals surface area contributed by atoms with Crippen molar-refractivity contribution < 1.29 is 21.6 Å². The van der Waals surface area contributed by atoms with Gasteiger partial charge in [-0.1, -0.05) is 0 Å². The first-order valence-corrected chi connectivity index (χ1v) is 8.70. The molecule has 8 heteroatoms. The van der Waals surface area contributed by atoms with Gasteiger partial charge in [0.1, 0.15) is 0 Å². The Labute approximate surface area is 119 Å². The third kappa shape index (κ3) is 3.41. The summed E-state index contributed by atoms with van der Waals surface area (Å²) in [6.07, 6.45) is 2.11. The van der Waals surface area contributed by atoms with Crippen molar-refractivity contribution in [1.29, 1.82) is 0 Å². The molecule has 0 aliphatic carbocycles. The number of hydrogen-bond acceptors (Lipinski definition) is 4. The van der Waals surface area contributed by atoms with E-state index in [2.05, 4.69) is 5.32 Å². The molecule has 0 saturated carbocycles. The third-order valence-electron chi connectivity index (χ3n) is 3.00. The number of thioether (sulfide) groups is 1. The van der Waals surface area contributed by atoms with Crippen LogP contribution in [-0.4, -0.2) is 31.5 Å². The van der Waals surface area contributed by atoms with Crippen molar-refractivity contribution >= 4 is 27.3 Å². The van der Waals surface area contributed by atoms with Gasteiger partial charge in [-0.15, -0.1) is 0 Å². The molecule has 1 N–H and O–H groups in total. The van der Waals surface area contributed by atoms with Crippen LogP contribution in [-0.2, 0) is 9.84 Å². The van der Waals surface area contributed by atoms with Gasteiger partial charge in [-0.2, -0.15) is 24.9 Å². The van der Waals surface area contributed by atoms with Crippen molar-refractivity contribution in [3.8, 4) is 0 Å². The van der Waals surface area contributed by atoms with Crippen LogP contribution in [0.1, 0.15) is 12.8 Å². The molecule has 1 aromatic rings. The third-order valence-corrected chi connectivity index (χ3v) is 5.72. The summed E-state index contributed by atoms with van der Waals surface area (Å²) in [5.74, 6) is 2.07. The topological polar surface area (TPSA) is 46.2 Å². The highest BCUT2D eigenvalue weighted by Crippen LogP contribution is 2.31. The molecule has 0 radical (unpaired) electrons. The summed E-state index contributed by atoms with van der Waals surface area (Å²) in [5.41, 5.74) is -4.62. The van der Waals surface area contributed by atoms with E-state index >= 15 is 0 Å². The van der Waals surface area contributed by atoms with Crippen LogP contribution < -0.4 is 5.32 Å². The van der Waals surface area contributed by atoms with Crippen molar-refractivity contribution in [3.05, 3.63) is 24.3 Å². The van der Waals surface area contributed by atoms with Gasteiger partial charge in [-0.25, -0.2) is 8.42 Å². The summed E-state index contributed by atoms with van der Waals surface area (Å²) in [5, 5.41) is 3.20. The van der Waals surface area contributed by atoms with Crippen LogP contribution in [0.3, 0.4) is 0 Å². The van der Waals surface area contributed by atoms with Crippen LogP contribution >= 0.6 is 11.8 Å². The first-order chi connectivity index (χ1) is 9.30. The summed E-state index contributed by atoms with van der Waals surface area (Å²) < 4.78 is 59.6. The SMILES string of the molecule is O=S(=O)(c1ccc(NC2CCCSC2)cc1)C(F)(F)F. The minimum absolute atomic E-state index is 0.277. The van der Waals surface area contributed by atoms with Crippen LogP contribution in [0.5, 0.6) is 0 Å². The van der Waals surface area contributed by atoms with Gasteiger partial charge >= 0.3 is 5.51 Å². The Balaban J connectivity index is 2.10. The van der Waals surface area contributed by atoms with Crippen LogP contribution in [0.25, 0.3) is 0 Å². The molecule has 1 heterocycles. The Morgan fingerprint density at radius 3 is 2.35 bits per heavy atom. The van der Waals surface area contributed by atoms with E-state index in [-0.39, 0.29) is 6.04 Å². The molecule has 0 bridgehead atoms. The smallest absolute Gasteiger partial charge is 0.381 e. The Kier molecular flexibility index (Phi) is 4.53. The summed E-state index contributed by atoms with van der Waals surface area (Å²) >= 11 is 1.83. The molecule has 1 atom stereocenters. The number of rotatable bonds is 3. The number of benzene rings is 1. The fourth-order valence-electron chi connectivity index (χ4n) is 1.95. The Bertz CT molecular complexity index is 549. The molecule has 1 aliphatic rings. The van der Waals surface area contributed by atoms with E-state index in [1.54, 1.807) is 0 Å². The van der Waals surface area contributed by atoms with E-state index < -0.39 is 20.2 Å². The summed E-state index contributed by atoms with van der Waals surface area (Å²) in [7, 11) is -5.26. The lowest BCUT2D eigenvalue weighted by Crippen LogP contribution is -2.26. The van der Waals surface area contributed by atoms with Gasteiger partial charge in [0, 0.05) is 17.5 Å². The van der Waals surface area contributed by atoms with Gasteiger partial charge in [-0.3, -0.25) is 0 Å². The average molecular weight is 325 g/mol. The fourth-order valence-corrected chi connectivity index (χ4v) is 3.79. The Hall–Kier alpha value is -0.890. The fraction of sp³-hybridized carbons (Fsp3) is 0.500. The molecule has 0 aromatic heterocycles. The van der Waals surface area contributed by atoms with Gasteiger partial charge < -0.3 is 5.32 Å². The highest BCUT2D eigenvalue weighted by Gasteiger charge is 2.46. The van der Waals surface area contributed by atoms with E-state index in [4.69, 9.17) is 0 Å². The van der Waals surface area contributed by atoms with Gasteiger partial charge in [0.05, 0.1) is 4.90 Å². The monoisotopic (exact) mass is 325 g/mol. The first kappa shape index (κ1) is 15.5. The number of hydrogen-bond donors (Lipinski definition) is 1. The molecule has 1 aliphatic heterocycles. The van der Waals surface area contributed by atoms with Crippen LogP contribution in [0, 0.1) is 0 Å². The number of sulfone groups is 1. The summed E-state index contributed by atoms with van der Waals surface area (Å²) in [6, 6.07) is 5.00. The average Bonchev–Trinajstić information content (AvgIpc) is 2.39. The predicted molar refractivity (Wildman–Crippen MR) is 73.7 cm³/mol. The van der Waals surface area contributed by atoms with E-state index in [1.807, 2.05) is 11.8 Å². The molecular weight excluding hydrogens is 311 g/mol. The van der Waals surface area contributed by atoms with Crippen molar-refractivity contribution in [2.45, 2.75) is 29.3 Å². The minimum Gasteiger partial charge on any atom is -0.381 e. The second-order valence-corrected chi connectivity index (χ2v) is 7.62. The van der Waals surface area contributed by atoms with Crippen molar-refractivity contribution in [3.63, 3.8) is 0 Å². The lowest BCUT2D eigenvalue weighted by atomic mass is 10.2. The summed E-state index contributed by atoms with van der Waals surface area (Å²) in [6.45, 7) is 0. The molecule has 20 heavy (non-hydrogen) atoms. The van der Waals surface area contributed by atoms with Crippen molar-refractivity contribution in [2.24, 2.45) is 0 Å². The zero-order valence-corrected chi connectivity index (χ0v) is 12.1. The van der Waals surface area contributed by atoms with E-state index in [0.29, 0.717) is 5.69 Å². The summed E-state index contributed by atoms with van der Waals surface area (Å²) in [4.78, 5) is -0.728. The molecule has 1 fully saturated rings. The maximum Gasteiger partial charge on any atom is 0.501 e. The number of anilines is 1. The quantitative estimate of drug-likeness (QED) is 0.926. The molecule has 3 nitrogen and oxygen atoms in total.